The summed E-state index contributed by atoms with van der Waals surface area (Å²) < 4.78 is 0.835. The quantitative estimate of drug-likeness (QED) is 0.874. The second-order valence-corrected chi connectivity index (χ2v) is 6.15. The molecule has 1 aromatic carbocycles. The van der Waals surface area contributed by atoms with Gasteiger partial charge >= 0.3 is 0 Å². The lowest BCUT2D eigenvalue weighted by molar-refractivity contribution is 0.102. The molecule has 1 amide bonds. The van der Waals surface area contributed by atoms with Crippen LogP contribution in [0, 0.1) is 0 Å². The van der Waals surface area contributed by atoms with E-state index in [1.807, 2.05) is 6.92 Å². The van der Waals surface area contributed by atoms with E-state index in [1.54, 1.807) is 23.6 Å². The molecule has 0 saturated heterocycles. The molecular weight excluding hydrogens is 350 g/mol. The van der Waals surface area contributed by atoms with E-state index in [-0.39, 0.29) is 11.9 Å². The van der Waals surface area contributed by atoms with E-state index in [9.17, 15) is 4.79 Å². The Labute approximate surface area is 128 Å². The number of halogens is 2. The maximum absolute atomic E-state index is 12.0. The SMILES string of the molecule is CC(N)c1nc(C(=O)Nc2cc(Br)ccc2Cl)cs1. The Bertz CT molecular complexity index is 615. The Morgan fingerprint density at radius 3 is 2.95 bits per heavy atom. The second kappa shape index (κ2) is 6.00. The summed E-state index contributed by atoms with van der Waals surface area (Å²) in [5.74, 6) is -0.303. The first kappa shape index (κ1) is 14.5. The number of carbonyl (C=O) groups excluding carboxylic acids is 1. The number of aromatic nitrogens is 1. The lowest BCUT2D eigenvalue weighted by Crippen LogP contribution is -2.13. The minimum absolute atomic E-state index is 0.180. The number of benzene rings is 1. The van der Waals surface area contributed by atoms with E-state index in [4.69, 9.17) is 17.3 Å². The highest BCUT2D eigenvalue weighted by atomic mass is 79.9. The molecule has 2 rings (SSSR count). The maximum Gasteiger partial charge on any atom is 0.275 e. The summed E-state index contributed by atoms with van der Waals surface area (Å²) >= 11 is 10.7. The molecule has 0 aliphatic heterocycles. The molecule has 19 heavy (non-hydrogen) atoms. The zero-order chi connectivity index (χ0) is 14.0. The molecule has 100 valence electrons. The van der Waals surface area contributed by atoms with Gasteiger partial charge in [0.1, 0.15) is 10.7 Å². The van der Waals surface area contributed by atoms with Gasteiger partial charge < -0.3 is 11.1 Å². The molecule has 1 aromatic heterocycles. The van der Waals surface area contributed by atoms with Crippen LogP contribution in [0.1, 0.15) is 28.5 Å². The van der Waals surface area contributed by atoms with Crippen LogP contribution in [0.3, 0.4) is 0 Å². The van der Waals surface area contributed by atoms with Crippen LogP contribution < -0.4 is 11.1 Å². The molecule has 0 spiro atoms. The van der Waals surface area contributed by atoms with Crippen molar-refractivity contribution < 1.29 is 4.79 Å². The van der Waals surface area contributed by atoms with E-state index in [2.05, 4.69) is 26.2 Å². The molecule has 0 aliphatic carbocycles. The van der Waals surface area contributed by atoms with Crippen molar-refractivity contribution in [3.8, 4) is 0 Å². The summed E-state index contributed by atoms with van der Waals surface area (Å²) in [5.41, 5.74) is 6.59. The Morgan fingerprint density at radius 1 is 1.58 bits per heavy atom. The summed E-state index contributed by atoms with van der Waals surface area (Å²) in [6.45, 7) is 1.83. The lowest BCUT2D eigenvalue weighted by Gasteiger charge is -2.06. The normalized spacial score (nSPS) is 12.2. The highest BCUT2D eigenvalue weighted by Crippen LogP contribution is 2.26. The molecule has 3 N–H and O–H groups in total. The van der Waals surface area contributed by atoms with Crippen molar-refractivity contribution in [1.82, 2.24) is 4.98 Å². The Balaban J connectivity index is 2.18. The topological polar surface area (TPSA) is 68.0 Å². The average Bonchev–Trinajstić information content (AvgIpc) is 2.83. The number of thiazole rings is 1. The van der Waals surface area contributed by atoms with Gasteiger partial charge in [0.05, 0.1) is 16.8 Å². The fourth-order valence-electron chi connectivity index (χ4n) is 1.38. The van der Waals surface area contributed by atoms with Crippen LogP contribution in [0.15, 0.2) is 28.1 Å². The number of hydrogen-bond donors (Lipinski definition) is 2. The number of nitrogens with two attached hydrogens (primary N) is 1. The molecule has 0 saturated carbocycles. The molecule has 0 bridgehead atoms. The second-order valence-electron chi connectivity index (χ2n) is 3.94. The van der Waals surface area contributed by atoms with Gasteiger partial charge in [-0.3, -0.25) is 4.79 Å². The maximum atomic E-state index is 12.0. The van der Waals surface area contributed by atoms with Crippen molar-refractivity contribution in [2.24, 2.45) is 5.73 Å². The van der Waals surface area contributed by atoms with Gasteiger partial charge in [0.2, 0.25) is 0 Å². The van der Waals surface area contributed by atoms with Gasteiger partial charge in [-0.05, 0) is 25.1 Å². The number of nitrogens with zero attached hydrogens (tertiary/aromatic N) is 1. The highest BCUT2D eigenvalue weighted by molar-refractivity contribution is 9.10. The van der Waals surface area contributed by atoms with Gasteiger partial charge in [-0.15, -0.1) is 11.3 Å². The monoisotopic (exact) mass is 359 g/mol. The predicted octanol–water partition coefficient (Wildman–Crippen LogP) is 3.83. The van der Waals surface area contributed by atoms with E-state index in [0.717, 1.165) is 9.48 Å². The largest absolute Gasteiger partial charge is 0.322 e. The van der Waals surface area contributed by atoms with E-state index >= 15 is 0 Å². The van der Waals surface area contributed by atoms with Gasteiger partial charge in [0.25, 0.3) is 5.91 Å². The average molecular weight is 361 g/mol. The number of anilines is 1. The van der Waals surface area contributed by atoms with E-state index in [0.29, 0.717) is 16.4 Å². The van der Waals surface area contributed by atoms with Gasteiger partial charge in [0, 0.05) is 9.85 Å². The third-order valence-electron chi connectivity index (χ3n) is 2.32. The van der Waals surface area contributed by atoms with Gasteiger partial charge in [-0.2, -0.15) is 0 Å². The van der Waals surface area contributed by atoms with Crippen LogP contribution in [0.5, 0.6) is 0 Å². The first-order valence-corrected chi connectivity index (χ1v) is 7.50. The smallest absolute Gasteiger partial charge is 0.275 e. The zero-order valence-electron chi connectivity index (χ0n) is 9.98. The first-order chi connectivity index (χ1) is 8.97. The number of carbonyl (C=O) groups is 1. The Hall–Kier alpha value is -0.950. The summed E-state index contributed by atoms with van der Waals surface area (Å²) in [7, 11) is 0. The van der Waals surface area contributed by atoms with Crippen LogP contribution >= 0.6 is 38.9 Å². The summed E-state index contributed by atoms with van der Waals surface area (Å²) in [6.07, 6.45) is 0. The molecule has 2 aromatic rings. The molecule has 0 radical (unpaired) electrons. The minimum Gasteiger partial charge on any atom is -0.322 e. The van der Waals surface area contributed by atoms with Crippen molar-refractivity contribution in [3.05, 3.63) is 43.8 Å². The van der Waals surface area contributed by atoms with Crippen molar-refractivity contribution >= 4 is 50.5 Å². The number of hydrogen-bond acceptors (Lipinski definition) is 4. The molecule has 1 atom stereocenters. The van der Waals surface area contributed by atoms with Crippen LogP contribution in [-0.2, 0) is 0 Å². The van der Waals surface area contributed by atoms with Gasteiger partial charge in [-0.25, -0.2) is 4.98 Å². The summed E-state index contributed by atoms with van der Waals surface area (Å²) in [4.78, 5) is 16.2. The standard InChI is InChI=1S/C12H11BrClN3OS/c1-6(15)12-17-10(5-19-12)11(18)16-9-4-7(13)2-3-8(9)14/h2-6H,15H2,1H3,(H,16,18). The molecule has 4 nitrogen and oxygen atoms in total. The molecule has 1 heterocycles. The zero-order valence-corrected chi connectivity index (χ0v) is 13.1. The van der Waals surface area contributed by atoms with Crippen LogP contribution in [0.4, 0.5) is 5.69 Å². The number of amides is 1. The Morgan fingerprint density at radius 2 is 2.32 bits per heavy atom. The first-order valence-electron chi connectivity index (χ1n) is 5.45. The van der Waals surface area contributed by atoms with Crippen LogP contribution in [0.25, 0.3) is 0 Å². The highest BCUT2D eigenvalue weighted by Gasteiger charge is 2.14. The molecule has 0 fully saturated rings. The fourth-order valence-corrected chi connectivity index (χ4v) is 2.66. The third-order valence-corrected chi connectivity index (χ3v) is 4.19. The number of nitrogens with one attached hydrogen (secondary N) is 1. The van der Waals surface area contributed by atoms with Crippen molar-refractivity contribution in [1.29, 1.82) is 0 Å². The van der Waals surface area contributed by atoms with E-state index < -0.39 is 0 Å². The summed E-state index contributed by atoms with van der Waals surface area (Å²) in [6, 6.07) is 5.06. The van der Waals surface area contributed by atoms with Crippen LogP contribution in [-0.4, -0.2) is 10.9 Å². The minimum atomic E-state index is -0.303. The molecule has 1 unspecified atom stereocenters. The van der Waals surface area contributed by atoms with Crippen LogP contribution in [0.2, 0.25) is 5.02 Å². The molecule has 0 aliphatic rings. The third kappa shape index (κ3) is 3.54. The molecular formula is C12H11BrClN3OS. The number of rotatable bonds is 3. The molecule has 7 heteroatoms. The van der Waals surface area contributed by atoms with E-state index in [1.165, 1.54) is 11.3 Å². The van der Waals surface area contributed by atoms with Crippen molar-refractivity contribution in [3.63, 3.8) is 0 Å². The van der Waals surface area contributed by atoms with Crippen molar-refractivity contribution in [2.75, 3.05) is 5.32 Å². The van der Waals surface area contributed by atoms with Gasteiger partial charge in [0.15, 0.2) is 0 Å². The van der Waals surface area contributed by atoms with Gasteiger partial charge in [-0.1, -0.05) is 27.5 Å². The lowest BCUT2D eigenvalue weighted by atomic mass is 10.3. The Kier molecular flexibility index (Phi) is 4.57. The van der Waals surface area contributed by atoms with Crippen molar-refractivity contribution in [2.45, 2.75) is 13.0 Å². The summed E-state index contributed by atoms with van der Waals surface area (Å²) in [5, 5.41) is 5.60. The fraction of sp³-hybridized carbons (Fsp3) is 0.167. The predicted molar refractivity (Wildman–Crippen MR) is 81.8 cm³/mol.